The number of nitrogens with zero attached hydrogens (tertiary/aromatic N) is 2. The SMILES string of the molecule is Cc1ncsc1-c1ccc(CNC(=O)C2C[C@@H](O)CN2C(=O)[C@@H](NC(=O)C2(F)CC2)C(C)(C)SCCCCCCN)cc1. The number of alkyl halides is 1. The lowest BCUT2D eigenvalue weighted by atomic mass is 10.00. The quantitative estimate of drug-likeness (QED) is 0.220. The smallest absolute Gasteiger partial charge is 0.258 e. The summed E-state index contributed by atoms with van der Waals surface area (Å²) < 4.78 is 13.9. The molecule has 2 fully saturated rings. The number of thioether (sulfide) groups is 1. The van der Waals surface area contributed by atoms with Crippen molar-refractivity contribution in [2.24, 2.45) is 5.73 Å². The van der Waals surface area contributed by atoms with E-state index in [1.807, 2.05) is 50.5 Å². The molecule has 12 heteroatoms. The topological polar surface area (TPSA) is 138 Å². The minimum Gasteiger partial charge on any atom is -0.391 e. The van der Waals surface area contributed by atoms with Crippen LogP contribution >= 0.6 is 23.1 Å². The van der Waals surface area contributed by atoms with Gasteiger partial charge in [-0.15, -0.1) is 11.3 Å². The highest BCUT2D eigenvalue weighted by atomic mass is 32.2. The molecule has 1 saturated heterocycles. The van der Waals surface area contributed by atoms with E-state index >= 15 is 0 Å². The Morgan fingerprint density at radius 2 is 1.91 bits per heavy atom. The molecule has 0 radical (unpaired) electrons. The second kappa shape index (κ2) is 14.5. The fourth-order valence-electron chi connectivity index (χ4n) is 5.28. The van der Waals surface area contributed by atoms with Crippen molar-refractivity contribution in [3.63, 3.8) is 0 Å². The van der Waals surface area contributed by atoms with Gasteiger partial charge < -0.3 is 26.4 Å². The van der Waals surface area contributed by atoms with Crippen LogP contribution < -0.4 is 16.4 Å². The van der Waals surface area contributed by atoms with Crippen LogP contribution in [0.15, 0.2) is 29.8 Å². The van der Waals surface area contributed by atoms with Crippen molar-refractivity contribution >= 4 is 40.8 Å². The van der Waals surface area contributed by atoms with Crippen molar-refractivity contribution in [3.05, 3.63) is 41.0 Å². The Kier molecular flexibility index (Phi) is 11.2. The Morgan fingerprint density at radius 3 is 2.53 bits per heavy atom. The standard InChI is InChI=1S/C31H44FN5O4S2/c1-20-25(42-19-35-20)22-10-8-21(9-11-22)17-34-27(39)24-16-23(38)18-37(24)28(40)26(36-29(41)31(32)12-13-31)30(2,3)43-15-7-5-4-6-14-33/h8-11,19,23-24,26,38H,4-7,12-18,33H2,1-3H3,(H,34,39)(H,36,41)/t23-,24?,26-/m1/s1. The van der Waals surface area contributed by atoms with Gasteiger partial charge in [-0.3, -0.25) is 14.4 Å². The number of unbranched alkanes of at least 4 members (excludes halogenated alkanes) is 3. The summed E-state index contributed by atoms with van der Waals surface area (Å²) >= 11 is 3.11. The molecule has 1 unspecified atom stereocenters. The molecule has 3 atom stereocenters. The first-order valence-corrected chi connectivity index (χ1v) is 16.9. The normalized spacial score (nSPS) is 20.1. The third-order valence-electron chi connectivity index (χ3n) is 8.18. The maximum atomic E-state index is 14.7. The molecule has 1 aromatic carbocycles. The molecule has 5 N–H and O–H groups in total. The summed E-state index contributed by atoms with van der Waals surface area (Å²) in [5, 5.41) is 16.1. The Bertz CT molecular complexity index is 1270. The van der Waals surface area contributed by atoms with E-state index in [-0.39, 0.29) is 38.3 Å². The van der Waals surface area contributed by atoms with E-state index in [1.165, 1.54) is 4.90 Å². The van der Waals surface area contributed by atoms with Gasteiger partial charge in [0.05, 0.1) is 22.2 Å². The van der Waals surface area contributed by atoms with Crippen LogP contribution in [0.3, 0.4) is 0 Å². The number of benzene rings is 1. The largest absolute Gasteiger partial charge is 0.391 e. The zero-order valence-corrected chi connectivity index (χ0v) is 26.9. The fourth-order valence-corrected chi connectivity index (χ4v) is 7.29. The van der Waals surface area contributed by atoms with Crippen LogP contribution in [0, 0.1) is 6.92 Å². The Labute approximate surface area is 261 Å². The van der Waals surface area contributed by atoms with Gasteiger partial charge in [-0.05, 0) is 69.9 Å². The van der Waals surface area contributed by atoms with Gasteiger partial charge in [-0.1, -0.05) is 37.1 Å². The van der Waals surface area contributed by atoms with Crippen LogP contribution in [0.25, 0.3) is 10.4 Å². The summed E-state index contributed by atoms with van der Waals surface area (Å²) in [5.74, 6) is -0.905. The summed E-state index contributed by atoms with van der Waals surface area (Å²) in [7, 11) is 0. The number of nitrogens with one attached hydrogen (secondary N) is 2. The molecule has 4 rings (SSSR count). The highest BCUT2D eigenvalue weighted by Gasteiger charge is 2.54. The van der Waals surface area contributed by atoms with Crippen molar-refractivity contribution in [3.8, 4) is 10.4 Å². The van der Waals surface area contributed by atoms with E-state index in [0.29, 0.717) is 6.54 Å². The van der Waals surface area contributed by atoms with Gasteiger partial charge in [0.2, 0.25) is 11.8 Å². The van der Waals surface area contributed by atoms with Crippen LogP contribution in [0.1, 0.15) is 70.1 Å². The van der Waals surface area contributed by atoms with Crippen molar-refractivity contribution in [2.75, 3.05) is 18.8 Å². The lowest BCUT2D eigenvalue weighted by Crippen LogP contribution is -2.61. The fraction of sp³-hybridized carbons (Fsp3) is 0.613. The van der Waals surface area contributed by atoms with Gasteiger partial charge in [0.15, 0.2) is 5.67 Å². The van der Waals surface area contributed by atoms with E-state index in [2.05, 4.69) is 15.6 Å². The molecule has 1 aliphatic heterocycles. The molecule has 2 heterocycles. The summed E-state index contributed by atoms with van der Waals surface area (Å²) in [6.07, 6.45) is 3.39. The monoisotopic (exact) mass is 633 g/mol. The lowest BCUT2D eigenvalue weighted by Gasteiger charge is -2.37. The van der Waals surface area contributed by atoms with Crippen molar-refractivity contribution < 1.29 is 23.9 Å². The van der Waals surface area contributed by atoms with Gasteiger partial charge in [-0.25, -0.2) is 9.37 Å². The predicted octanol–water partition coefficient (Wildman–Crippen LogP) is 3.71. The zero-order valence-electron chi connectivity index (χ0n) is 25.2. The van der Waals surface area contributed by atoms with E-state index in [9.17, 15) is 23.9 Å². The minimum absolute atomic E-state index is 0.0349. The zero-order chi connectivity index (χ0) is 31.2. The number of hydrogen-bond acceptors (Lipinski definition) is 8. The Hall–Kier alpha value is -2.54. The van der Waals surface area contributed by atoms with Crippen molar-refractivity contribution in [1.82, 2.24) is 20.5 Å². The Morgan fingerprint density at radius 1 is 1.21 bits per heavy atom. The van der Waals surface area contributed by atoms with Gasteiger partial charge in [0, 0.05) is 24.3 Å². The van der Waals surface area contributed by atoms with E-state index in [4.69, 9.17) is 5.73 Å². The lowest BCUT2D eigenvalue weighted by molar-refractivity contribution is -0.143. The minimum atomic E-state index is -1.95. The van der Waals surface area contributed by atoms with E-state index in [0.717, 1.165) is 53.1 Å². The number of aliphatic hydroxyl groups excluding tert-OH is 1. The van der Waals surface area contributed by atoms with Gasteiger partial charge in [0.25, 0.3) is 5.91 Å². The summed E-state index contributed by atoms with van der Waals surface area (Å²) in [4.78, 5) is 46.9. The molecule has 9 nitrogen and oxygen atoms in total. The van der Waals surface area contributed by atoms with Crippen LogP contribution in [0.4, 0.5) is 4.39 Å². The number of carbonyl (C=O) groups excluding carboxylic acids is 3. The maximum absolute atomic E-state index is 14.7. The maximum Gasteiger partial charge on any atom is 0.258 e. The molecule has 2 aliphatic rings. The number of hydrogen-bond donors (Lipinski definition) is 4. The second-order valence-corrected chi connectivity index (χ2v) is 14.7. The number of aromatic nitrogens is 1. The van der Waals surface area contributed by atoms with Crippen LogP contribution in [0.2, 0.25) is 0 Å². The number of β-amino-alcohol motifs (C(OH)–C–C–N with tert-alkyl or cyclic N) is 1. The summed E-state index contributed by atoms with van der Waals surface area (Å²) in [6.45, 7) is 6.56. The molecule has 236 valence electrons. The summed E-state index contributed by atoms with van der Waals surface area (Å²) in [5.41, 5.74) is 8.35. The van der Waals surface area contributed by atoms with Crippen LogP contribution in [-0.4, -0.2) is 80.2 Å². The highest BCUT2D eigenvalue weighted by molar-refractivity contribution is 8.00. The Balaban J connectivity index is 1.42. The highest BCUT2D eigenvalue weighted by Crippen LogP contribution is 2.41. The number of halogens is 1. The molecule has 0 spiro atoms. The van der Waals surface area contributed by atoms with Gasteiger partial charge in [0.1, 0.15) is 12.1 Å². The first kappa shape index (κ1) is 33.4. The molecular formula is C31H44FN5O4S2. The van der Waals surface area contributed by atoms with E-state index < -0.39 is 40.4 Å². The number of amides is 3. The molecule has 1 saturated carbocycles. The first-order valence-electron chi connectivity index (χ1n) is 15.0. The third-order valence-corrected chi connectivity index (χ3v) is 10.6. The number of nitrogens with two attached hydrogens (primary N) is 1. The number of aliphatic hydroxyl groups is 1. The molecule has 1 aliphatic carbocycles. The molecule has 3 amide bonds. The number of aryl methyl sites for hydroxylation is 1. The number of thiazole rings is 1. The van der Waals surface area contributed by atoms with Crippen LogP contribution in [0.5, 0.6) is 0 Å². The molecular weight excluding hydrogens is 590 g/mol. The summed E-state index contributed by atoms with van der Waals surface area (Å²) in [6, 6.07) is 5.88. The molecule has 0 bridgehead atoms. The predicted molar refractivity (Wildman–Crippen MR) is 169 cm³/mol. The van der Waals surface area contributed by atoms with E-state index in [1.54, 1.807) is 23.1 Å². The van der Waals surface area contributed by atoms with Crippen LogP contribution in [-0.2, 0) is 20.9 Å². The number of likely N-dealkylation sites (tertiary alicyclic amines) is 1. The van der Waals surface area contributed by atoms with Crippen molar-refractivity contribution in [2.45, 2.75) is 101 Å². The van der Waals surface area contributed by atoms with Gasteiger partial charge in [-0.2, -0.15) is 11.8 Å². The van der Waals surface area contributed by atoms with Gasteiger partial charge >= 0.3 is 0 Å². The van der Waals surface area contributed by atoms with Crippen molar-refractivity contribution in [1.29, 1.82) is 0 Å². The molecule has 1 aromatic heterocycles. The number of carbonyl (C=O) groups is 3. The second-order valence-electron chi connectivity index (χ2n) is 12.1. The molecule has 43 heavy (non-hydrogen) atoms. The average Bonchev–Trinajstić information content (AvgIpc) is 3.39. The average molecular weight is 634 g/mol. The molecule has 2 aromatic rings. The third kappa shape index (κ3) is 8.55. The number of rotatable bonds is 15. The first-order chi connectivity index (χ1) is 20.4.